The minimum atomic E-state index is 0.0970. The molecule has 116 valence electrons. The van der Waals surface area contributed by atoms with Crippen molar-refractivity contribution in [1.29, 1.82) is 0 Å². The Morgan fingerprint density at radius 1 is 0.905 bits per heavy atom. The fraction of sp³-hybridized carbons (Fsp3) is 0.500. The molecule has 0 amide bonds. The van der Waals surface area contributed by atoms with Crippen LogP contribution in [0, 0.1) is 0 Å². The predicted molar refractivity (Wildman–Crippen MR) is 96.4 cm³/mol. The van der Waals surface area contributed by atoms with E-state index in [0.717, 1.165) is 13.1 Å². The lowest BCUT2D eigenvalue weighted by molar-refractivity contribution is 0.529. The van der Waals surface area contributed by atoms with E-state index < -0.39 is 0 Å². The summed E-state index contributed by atoms with van der Waals surface area (Å²) in [5.41, 5.74) is 4.38. The van der Waals surface area contributed by atoms with E-state index in [-0.39, 0.29) is 10.8 Å². The first-order valence-corrected chi connectivity index (χ1v) is 7.73. The number of hydrogen-bond acceptors (Lipinski definition) is 1. The van der Waals surface area contributed by atoms with Crippen molar-refractivity contribution < 1.29 is 0 Å². The molecule has 1 aromatic carbocycles. The number of nitrogens with zero attached hydrogens (tertiary/aromatic N) is 1. The number of anilines is 1. The monoisotopic (exact) mass is 285 g/mol. The van der Waals surface area contributed by atoms with Gasteiger partial charge in [0.15, 0.2) is 0 Å². The molecule has 0 fully saturated rings. The van der Waals surface area contributed by atoms with Gasteiger partial charge in [-0.1, -0.05) is 65.8 Å². The van der Waals surface area contributed by atoms with E-state index in [1.54, 1.807) is 0 Å². The molecule has 0 unspecified atom stereocenters. The lowest BCUT2D eigenvalue weighted by Crippen LogP contribution is -2.30. The molecule has 21 heavy (non-hydrogen) atoms. The Labute approximate surface area is 131 Å². The highest BCUT2D eigenvalue weighted by Gasteiger charge is 2.28. The zero-order chi connectivity index (χ0) is 16.3. The van der Waals surface area contributed by atoms with Crippen molar-refractivity contribution in [3.05, 3.63) is 54.6 Å². The second kappa shape index (κ2) is 6.51. The Morgan fingerprint density at radius 2 is 1.43 bits per heavy atom. The molecule has 1 rings (SSSR count). The van der Waals surface area contributed by atoms with Crippen LogP contribution in [0.5, 0.6) is 0 Å². The normalized spacial score (nSPS) is 12.1. The van der Waals surface area contributed by atoms with Gasteiger partial charge in [0, 0.05) is 18.8 Å². The highest BCUT2D eigenvalue weighted by molar-refractivity contribution is 5.61. The Kier molecular flexibility index (Phi) is 5.44. The van der Waals surface area contributed by atoms with Crippen LogP contribution in [0.25, 0.3) is 0 Å². The summed E-state index contributed by atoms with van der Waals surface area (Å²) in [6.45, 7) is 23.2. The van der Waals surface area contributed by atoms with Crippen molar-refractivity contribution >= 4 is 5.69 Å². The van der Waals surface area contributed by atoms with Crippen molar-refractivity contribution in [2.24, 2.45) is 0 Å². The Hall–Kier alpha value is -1.50. The Bertz CT molecular complexity index is 488. The molecular formula is C20H31N. The predicted octanol–water partition coefficient (Wildman–Crippen LogP) is 5.46. The summed E-state index contributed by atoms with van der Waals surface area (Å²) in [6, 6.07) is 6.66. The molecule has 0 spiro atoms. The van der Waals surface area contributed by atoms with Gasteiger partial charge in [-0.2, -0.15) is 0 Å². The number of rotatable bonds is 5. The van der Waals surface area contributed by atoms with Crippen molar-refractivity contribution in [2.75, 3.05) is 18.0 Å². The molecule has 0 aliphatic rings. The average molecular weight is 285 g/mol. The van der Waals surface area contributed by atoms with Gasteiger partial charge < -0.3 is 4.90 Å². The molecule has 0 heterocycles. The maximum atomic E-state index is 3.90. The largest absolute Gasteiger partial charge is 0.364 e. The van der Waals surface area contributed by atoms with Crippen LogP contribution in [-0.2, 0) is 10.8 Å². The summed E-state index contributed by atoms with van der Waals surface area (Å²) >= 11 is 0. The third kappa shape index (κ3) is 4.23. The maximum Gasteiger partial charge on any atom is 0.0412 e. The van der Waals surface area contributed by atoms with Crippen molar-refractivity contribution in [3.63, 3.8) is 0 Å². The molecule has 0 saturated heterocycles. The van der Waals surface area contributed by atoms with E-state index in [1.807, 2.05) is 12.2 Å². The molecule has 1 nitrogen and oxygen atoms in total. The second-order valence-corrected chi connectivity index (χ2v) is 7.68. The third-order valence-electron chi connectivity index (χ3n) is 3.64. The van der Waals surface area contributed by atoms with E-state index in [1.165, 1.54) is 16.8 Å². The molecule has 0 bridgehead atoms. The average Bonchev–Trinajstić information content (AvgIpc) is 2.35. The van der Waals surface area contributed by atoms with Crippen molar-refractivity contribution in [1.82, 2.24) is 0 Å². The van der Waals surface area contributed by atoms with E-state index >= 15 is 0 Å². The van der Waals surface area contributed by atoms with Gasteiger partial charge in [-0.3, -0.25) is 0 Å². The minimum absolute atomic E-state index is 0.0970. The molecule has 0 N–H and O–H groups in total. The summed E-state index contributed by atoms with van der Waals surface area (Å²) in [7, 11) is 0. The van der Waals surface area contributed by atoms with Gasteiger partial charge in [0.2, 0.25) is 0 Å². The van der Waals surface area contributed by atoms with Gasteiger partial charge in [-0.05, 0) is 28.0 Å². The summed E-state index contributed by atoms with van der Waals surface area (Å²) in [5.74, 6) is 0. The minimum Gasteiger partial charge on any atom is -0.364 e. The van der Waals surface area contributed by atoms with Crippen LogP contribution in [0.4, 0.5) is 5.69 Å². The highest BCUT2D eigenvalue weighted by Crippen LogP contribution is 2.40. The van der Waals surface area contributed by atoms with Crippen LogP contribution < -0.4 is 4.90 Å². The van der Waals surface area contributed by atoms with Gasteiger partial charge in [-0.15, -0.1) is 13.2 Å². The van der Waals surface area contributed by atoms with Crippen molar-refractivity contribution in [2.45, 2.75) is 52.4 Å². The summed E-state index contributed by atoms with van der Waals surface area (Å²) in [5, 5.41) is 0. The summed E-state index contributed by atoms with van der Waals surface area (Å²) < 4.78 is 0. The third-order valence-corrected chi connectivity index (χ3v) is 3.64. The standard InChI is InChI=1S/C20H31N/c1-9-14-21(15-10-2)17-13-11-12-16(19(3,4)5)18(17)20(6,7)8/h9-13H,1-2,14-15H2,3-8H3. The number of hydrogen-bond donors (Lipinski definition) is 0. The fourth-order valence-corrected chi connectivity index (χ4v) is 2.80. The van der Waals surface area contributed by atoms with Gasteiger partial charge in [-0.25, -0.2) is 0 Å². The molecule has 0 aliphatic heterocycles. The lowest BCUT2D eigenvalue weighted by atomic mass is 9.74. The lowest BCUT2D eigenvalue weighted by Gasteiger charge is -2.36. The maximum absolute atomic E-state index is 3.90. The van der Waals surface area contributed by atoms with E-state index in [9.17, 15) is 0 Å². The first-order chi connectivity index (χ1) is 9.62. The molecule has 0 aromatic heterocycles. The van der Waals surface area contributed by atoms with E-state index in [0.29, 0.717) is 0 Å². The summed E-state index contributed by atoms with van der Waals surface area (Å²) in [6.07, 6.45) is 3.92. The van der Waals surface area contributed by atoms with Gasteiger partial charge in [0.25, 0.3) is 0 Å². The smallest absolute Gasteiger partial charge is 0.0412 e. The summed E-state index contributed by atoms with van der Waals surface area (Å²) in [4.78, 5) is 2.34. The van der Waals surface area contributed by atoms with Gasteiger partial charge >= 0.3 is 0 Å². The molecule has 0 aliphatic carbocycles. The molecule has 1 aromatic rings. The Morgan fingerprint density at radius 3 is 1.81 bits per heavy atom. The van der Waals surface area contributed by atoms with E-state index in [4.69, 9.17) is 0 Å². The van der Waals surface area contributed by atoms with Crippen LogP contribution in [0.15, 0.2) is 43.5 Å². The highest BCUT2D eigenvalue weighted by atomic mass is 15.1. The van der Waals surface area contributed by atoms with Gasteiger partial charge in [0.1, 0.15) is 0 Å². The molecule has 0 saturated carbocycles. The van der Waals surface area contributed by atoms with Crippen molar-refractivity contribution in [3.8, 4) is 0 Å². The quantitative estimate of drug-likeness (QED) is 0.649. The topological polar surface area (TPSA) is 3.24 Å². The first kappa shape index (κ1) is 17.6. The first-order valence-electron chi connectivity index (χ1n) is 7.73. The van der Waals surface area contributed by atoms with E-state index in [2.05, 4.69) is 77.8 Å². The number of benzene rings is 1. The molecule has 0 radical (unpaired) electrons. The van der Waals surface area contributed by atoms with Crippen LogP contribution in [0.2, 0.25) is 0 Å². The molecule has 1 heteroatoms. The Balaban J connectivity index is 3.57. The van der Waals surface area contributed by atoms with Gasteiger partial charge in [0.05, 0.1) is 0 Å². The molecule has 0 atom stereocenters. The fourth-order valence-electron chi connectivity index (χ4n) is 2.80. The zero-order valence-corrected chi connectivity index (χ0v) is 14.7. The zero-order valence-electron chi connectivity index (χ0n) is 14.7. The van der Waals surface area contributed by atoms with Crippen LogP contribution in [0.1, 0.15) is 52.7 Å². The van der Waals surface area contributed by atoms with Crippen LogP contribution >= 0.6 is 0 Å². The van der Waals surface area contributed by atoms with Crippen LogP contribution in [-0.4, -0.2) is 13.1 Å². The second-order valence-electron chi connectivity index (χ2n) is 7.68. The van der Waals surface area contributed by atoms with Crippen LogP contribution in [0.3, 0.4) is 0 Å². The SMILES string of the molecule is C=CCN(CC=C)c1cccc(C(C)(C)C)c1C(C)(C)C. The molecular weight excluding hydrogens is 254 g/mol.